The molecule has 0 N–H and O–H groups in total. The van der Waals surface area contributed by atoms with E-state index in [1.807, 2.05) is 12.1 Å². The number of benzene rings is 1. The molecule has 0 heterocycles. The van der Waals surface area contributed by atoms with Crippen molar-refractivity contribution in [2.45, 2.75) is 11.8 Å². The van der Waals surface area contributed by atoms with Gasteiger partial charge in [0.25, 0.3) is 0 Å². The molecule has 0 aliphatic rings. The molecule has 0 aliphatic heterocycles. The topological polar surface area (TPSA) is 0 Å². The van der Waals surface area contributed by atoms with Crippen LogP contribution in [-0.2, 0) is 0 Å². The van der Waals surface area contributed by atoms with Crippen LogP contribution >= 0.6 is 11.8 Å². The Bertz CT molecular complexity index is 233. The second kappa shape index (κ2) is 3.15. The molecule has 2 radical (unpaired) electrons. The van der Waals surface area contributed by atoms with E-state index >= 15 is 0 Å². The van der Waals surface area contributed by atoms with Crippen LogP contribution in [0.25, 0.3) is 0 Å². The highest BCUT2D eigenvalue weighted by atomic mass is 32.2. The fourth-order valence-electron chi connectivity index (χ4n) is 0.902. The lowest BCUT2D eigenvalue weighted by molar-refractivity contribution is 1.32. The smallest absolute Gasteiger partial charge is 0.113 e. The molecule has 2 heteroatoms. The largest absolute Gasteiger partial charge is 0.129 e. The van der Waals surface area contributed by atoms with Crippen LogP contribution in [0.5, 0.6) is 0 Å². The minimum Gasteiger partial charge on any atom is -0.129 e. The van der Waals surface area contributed by atoms with Gasteiger partial charge < -0.3 is 0 Å². The zero-order valence-electron chi connectivity index (χ0n) is 6.22. The molecule has 1 aromatic carbocycles. The average Bonchev–Trinajstić information content (AvgIpc) is 1.88. The summed E-state index contributed by atoms with van der Waals surface area (Å²) in [5.41, 5.74) is 2.10. The molecule has 1 rings (SSSR count). The molecule has 0 aromatic heterocycles. The van der Waals surface area contributed by atoms with Crippen LogP contribution in [-0.4, -0.2) is 14.1 Å². The maximum atomic E-state index is 5.57. The van der Waals surface area contributed by atoms with Crippen molar-refractivity contribution >= 4 is 25.1 Å². The van der Waals surface area contributed by atoms with Gasteiger partial charge in [0.05, 0.1) is 0 Å². The molecule has 0 amide bonds. The molecule has 50 valence electrons. The summed E-state index contributed by atoms with van der Waals surface area (Å²) < 4.78 is 0. The Morgan fingerprint density at radius 2 is 2.10 bits per heavy atom. The molecule has 0 aliphatic carbocycles. The molecule has 0 bridgehead atoms. The molecule has 0 atom stereocenters. The van der Waals surface area contributed by atoms with Crippen molar-refractivity contribution in [3.63, 3.8) is 0 Å². The predicted octanol–water partition coefficient (Wildman–Crippen LogP) is 1.51. The molecule has 0 spiro atoms. The van der Waals surface area contributed by atoms with Crippen molar-refractivity contribution in [1.82, 2.24) is 0 Å². The van der Waals surface area contributed by atoms with E-state index in [2.05, 4.69) is 19.2 Å². The zero-order chi connectivity index (χ0) is 7.56. The summed E-state index contributed by atoms with van der Waals surface area (Å²) in [6.07, 6.45) is 2.07. The van der Waals surface area contributed by atoms with Gasteiger partial charge in [0.1, 0.15) is 7.85 Å². The maximum absolute atomic E-state index is 5.57. The summed E-state index contributed by atoms with van der Waals surface area (Å²) in [7, 11) is 5.57. The minimum absolute atomic E-state index is 0.843. The molecule has 0 saturated heterocycles. The summed E-state index contributed by atoms with van der Waals surface area (Å²) in [4.78, 5) is 1.30. The Balaban J connectivity index is 3.07. The Kier molecular flexibility index (Phi) is 2.44. The van der Waals surface area contributed by atoms with E-state index < -0.39 is 0 Å². The van der Waals surface area contributed by atoms with Gasteiger partial charge in [-0.05, 0) is 24.8 Å². The van der Waals surface area contributed by atoms with E-state index in [9.17, 15) is 0 Å². The third kappa shape index (κ3) is 1.57. The highest BCUT2D eigenvalue weighted by Gasteiger charge is 1.93. The summed E-state index contributed by atoms with van der Waals surface area (Å²) >= 11 is 1.75. The van der Waals surface area contributed by atoms with E-state index in [0.717, 1.165) is 5.46 Å². The number of hydrogen-bond donors (Lipinski definition) is 0. The standard InChI is InChI=1S/C8H9BS/c1-6-5-7(9)3-4-8(6)10-2/h3-5H,1-2H3. The Morgan fingerprint density at radius 1 is 1.40 bits per heavy atom. The van der Waals surface area contributed by atoms with Crippen molar-refractivity contribution in [2.75, 3.05) is 6.26 Å². The summed E-state index contributed by atoms with van der Waals surface area (Å²) in [6, 6.07) is 5.97. The quantitative estimate of drug-likeness (QED) is 0.429. The fraction of sp³-hybridized carbons (Fsp3) is 0.250. The zero-order valence-corrected chi connectivity index (χ0v) is 7.03. The first-order valence-electron chi connectivity index (χ1n) is 3.14. The average molecular weight is 148 g/mol. The summed E-state index contributed by atoms with van der Waals surface area (Å²) in [5.74, 6) is 0. The van der Waals surface area contributed by atoms with E-state index in [0.29, 0.717) is 0 Å². The number of hydrogen-bond acceptors (Lipinski definition) is 1. The van der Waals surface area contributed by atoms with Gasteiger partial charge in [-0.3, -0.25) is 0 Å². The van der Waals surface area contributed by atoms with Crippen LogP contribution in [0.1, 0.15) is 5.56 Å². The normalized spacial score (nSPS) is 9.80. The van der Waals surface area contributed by atoms with Crippen molar-refractivity contribution in [2.24, 2.45) is 0 Å². The fourth-order valence-corrected chi connectivity index (χ4v) is 1.49. The van der Waals surface area contributed by atoms with Gasteiger partial charge >= 0.3 is 0 Å². The number of rotatable bonds is 1. The van der Waals surface area contributed by atoms with Crippen LogP contribution in [0, 0.1) is 6.92 Å². The van der Waals surface area contributed by atoms with Crippen molar-refractivity contribution in [3.8, 4) is 0 Å². The molecule has 1 aromatic rings. The van der Waals surface area contributed by atoms with Gasteiger partial charge in [-0.2, -0.15) is 0 Å². The van der Waals surface area contributed by atoms with Crippen LogP contribution in [0.2, 0.25) is 0 Å². The predicted molar refractivity (Wildman–Crippen MR) is 48.3 cm³/mol. The van der Waals surface area contributed by atoms with Gasteiger partial charge in [0, 0.05) is 4.90 Å². The summed E-state index contributed by atoms with van der Waals surface area (Å²) in [6.45, 7) is 2.07. The molecule has 0 nitrogen and oxygen atoms in total. The third-order valence-corrected chi connectivity index (χ3v) is 2.32. The first-order chi connectivity index (χ1) is 4.74. The Hall–Kier alpha value is -0.365. The monoisotopic (exact) mass is 148 g/mol. The van der Waals surface area contributed by atoms with Crippen LogP contribution in [0.3, 0.4) is 0 Å². The highest BCUT2D eigenvalue weighted by molar-refractivity contribution is 7.98. The lowest BCUT2D eigenvalue weighted by Gasteiger charge is -2.01. The van der Waals surface area contributed by atoms with Gasteiger partial charge in [0.15, 0.2) is 0 Å². The Labute approximate surface area is 67.4 Å². The van der Waals surface area contributed by atoms with Gasteiger partial charge in [0.2, 0.25) is 0 Å². The van der Waals surface area contributed by atoms with Crippen LogP contribution in [0.4, 0.5) is 0 Å². The Morgan fingerprint density at radius 3 is 2.60 bits per heavy atom. The molecular weight excluding hydrogens is 139 g/mol. The van der Waals surface area contributed by atoms with Crippen LogP contribution in [0.15, 0.2) is 23.1 Å². The van der Waals surface area contributed by atoms with E-state index in [4.69, 9.17) is 7.85 Å². The van der Waals surface area contributed by atoms with Gasteiger partial charge in [-0.25, -0.2) is 0 Å². The lowest BCUT2D eigenvalue weighted by atomic mass is 9.95. The first kappa shape index (κ1) is 7.74. The molecule has 0 fully saturated rings. The van der Waals surface area contributed by atoms with Crippen LogP contribution < -0.4 is 5.46 Å². The highest BCUT2D eigenvalue weighted by Crippen LogP contribution is 2.16. The van der Waals surface area contributed by atoms with E-state index in [1.54, 1.807) is 11.8 Å². The minimum atomic E-state index is 0.843. The summed E-state index contributed by atoms with van der Waals surface area (Å²) in [5, 5.41) is 0. The molecular formula is C8H9BS. The van der Waals surface area contributed by atoms with Crippen molar-refractivity contribution in [1.29, 1.82) is 0 Å². The first-order valence-corrected chi connectivity index (χ1v) is 4.36. The molecule has 10 heavy (non-hydrogen) atoms. The second-order valence-electron chi connectivity index (χ2n) is 2.23. The van der Waals surface area contributed by atoms with Gasteiger partial charge in [-0.1, -0.05) is 17.6 Å². The van der Waals surface area contributed by atoms with E-state index in [-0.39, 0.29) is 0 Å². The van der Waals surface area contributed by atoms with E-state index in [1.165, 1.54) is 10.5 Å². The van der Waals surface area contributed by atoms with Crippen molar-refractivity contribution < 1.29 is 0 Å². The van der Waals surface area contributed by atoms with Gasteiger partial charge in [-0.15, -0.1) is 11.8 Å². The lowest BCUT2D eigenvalue weighted by Crippen LogP contribution is -2.01. The number of thioether (sulfide) groups is 1. The second-order valence-corrected chi connectivity index (χ2v) is 3.08. The number of aryl methyl sites for hydroxylation is 1. The maximum Gasteiger partial charge on any atom is 0.113 e. The SMILES string of the molecule is [B]c1ccc(SC)c(C)c1. The molecule has 0 unspecified atom stereocenters. The third-order valence-electron chi connectivity index (χ3n) is 1.42. The molecule has 0 saturated carbocycles. The van der Waals surface area contributed by atoms with Crippen molar-refractivity contribution in [3.05, 3.63) is 23.8 Å².